The Bertz CT molecular complexity index is 674. The van der Waals surface area contributed by atoms with E-state index in [2.05, 4.69) is 4.74 Å². The SMILES string of the molecule is O=C(O)C1CC12CCN(C(=O)c1cc(Cl)ccc1OC(F)F)CC2. The molecule has 1 saturated heterocycles. The predicted molar refractivity (Wildman–Crippen MR) is 81.4 cm³/mol. The Morgan fingerprint density at radius 1 is 1.33 bits per heavy atom. The van der Waals surface area contributed by atoms with Crippen LogP contribution in [0.1, 0.15) is 29.6 Å². The van der Waals surface area contributed by atoms with Crippen LogP contribution in [0.5, 0.6) is 5.75 Å². The number of hydrogen-bond acceptors (Lipinski definition) is 3. The zero-order valence-corrected chi connectivity index (χ0v) is 13.4. The third kappa shape index (κ3) is 3.17. The zero-order chi connectivity index (χ0) is 17.5. The highest BCUT2D eigenvalue weighted by Crippen LogP contribution is 2.59. The minimum atomic E-state index is -3.04. The van der Waals surface area contributed by atoms with E-state index in [1.165, 1.54) is 23.1 Å². The molecule has 1 aromatic rings. The van der Waals surface area contributed by atoms with Crippen molar-refractivity contribution in [2.24, 2.45) is 11.3 Å². The van der Waals surface area contributed by atoms with Crippen LogP contribution in [0.15, 0.2) is 18.2 Å². The topological polar surface area (TPSA) is 66.8 Å². The van der Waals surface area contributed by atoms with Gasteiger partial charge in [-0.15, -0.1) is 0 Å². The maximum absolute atomic E-state index is 12.6. The lowest BCUT2D eigenvalue weighted by atomic mass is 9.90. The molecule has 1 heterocycles. The molecule has 8 heteroatoms. The highest BCUT2D eigenvalue weighted by Gasteiger charge is 2.59. The first-order valence-corrected chi connectivity index (χ1v) is 7.97. The minimum absolute atomic E-state index is 0.00988. The fourth-order valence-corrected chi connectivity index (χ4v) is 3.62. The fourth-order valence-electron chi connectivity index (χ4n) is 3.44. The number of aliphatic carboxylic acids is 1. The number of carbonyl (C=O) groups is 2. The van der Waals surface area contributed by atoms with Crippen LogP contribution in [0.3, 0.4) is 0 Å². The number of piperidine rings is 1. The van der Waals surface area contributed by atoms with Crippen LogP contribution in [-0.4, -0.2) is 41.6 Å². The molecule has 1 amide bonds. The van der Waals surface area contributed by atoms with Crippen LogP contribution in [0.2, 0.25) is 5.02 Å². The molecule has 3 rings (SSSR count). The van der Waals surface area contributed by atoms with Gasteiger partial charge >= 0.3 is 12.6 Å². The van der Waals surface area contributed by atoms with Gasteiger partial charge in [0.15, 0.2) is 0 Å². The number of ether oxygens (including phenoxy) is 1. The molecule has 0 bridgehead atoms. The normalized spacial score (nSPS) is 21.8. The van der Waals surface area contributed by atoms with Gasteiger partial charge in [-0.1, -0.05) is 11.6 Å². The predicted octanol–water partition coefficient (Wildman–Crippen LogP) is 3.27. The Balaban J connectivity index is 1.72. The Labute approximate surface area is 142 Å². The number of hydrogen-bond donors (Lipinski definition) is 1. The van der Waals surface area contributed by atoms with Crippen molar-refractivity contribution in [2.45, 2.75) is 25.9 Å². The number of amides is 1. The van der Waals surface area contributed by atoms with E-state index >= 15 is 0 Å². The van der Waals surface area contributed by atoms with E-state index in [1.807, 2.05) is 0 Å². The van der Waals surface area contributed by atoms with E-state index in [1.54, 1.807) is 0 Å². The highest BCUT2D eigenvalue weighted by atomic mass is 35.5. The number of benzene rings is 1. The summed E-state index contributed by atoms with van der Waals surface area (Å²) in [7, 11) is 0. The molecule has 130 valence electrons. The molecule has 1 aliphatic heterocycles. The van der Waals surface area contributed by atoms with E-state index in [4.69, 9.17) is 16.7 Å². The quantitative estimate of drug-likeness (QED) is 0.896. The molecule has 1 aliphatic carbocycles. The second-order valence-electron chi connectivity index (χ2n) is 6.27. The summed E-state index contributed by atoms with van der Waals surface area (Å²) in [6.45, 7) is -2.25. The Morgan fingerprint density at radius 2 is 2.00 bits per heavy atom. The van der Waals surface area contributed by atoms with Gasteiger partial charge in [0.25, 0.3) is 5.91 Å². The standard InChI is InChI=1S/C16H16ClF2NO4/c17-9-1-2-12(24-15(18)19)10(7-9)13(21)20-5-3-16(4-6-20)8-11(16)14(22)23/h1-2,7,11,15H,3-6,8H2,(H,22,23). The first-order valence-electron chi connectivity index (χ1n) is 7.59. The molecule has 1 saturated carbocycles. The highest BCUT2D eigenvalue weighted by molar-refractivity contribution is 6.31. The summed E-state index contributed by atoms with van der Waals surface area (Å²) in [6, 6.07) is 3.93. The average Bonchev–Trinajstić information content (AvgIpc) is 3.23. The molecular weight excluding hydrogens is 344 g/mol. The number of carboxylic acids is 1. The van der Waals surface area contributed by atoms with E-state index in [9.17, 15) is 18.4 Å². The third-order valence-corrected chi connectivity index (χ3v) is 5.16. The summed E-state index contributed by atoms with van der Waals surface area (Å²) in [5.41, 5.74) is -0.219. The van der Waals surface area contributed by atoms with Crippen LogP contribution < -0.4 is 4.74 Å². The molecule has 1 N–H and O–H groups in total. The smallest absolute Gasteiger partial charge is 0.387 e. The molecular formula is C16H16ClF2NO4. The summed E-state index contributed by atoms with van der Waals surface area (Å²) < 4.78 is 29.4. The number of alkyl halides is 2. The molecule has 1 unspecified atom stereocenters. The van der Waals surface area contributed by atoms with Gasteiger partial charge in [-0.05, 0) is 42.9 Å². The lowest BCUT2D eigenvalue weighted by Crippen LogP contribution is -2.40. The molecule has 5 nitrogen and oxygen atoms in total. The van der Waals surface area contributed by atoms with E-state index in [-0.39, 0.29) is 27.7 Å². The number of halogens is 3. The van der Waals surface area contributed by atoms with E-state index in [0.717, 1.165) is 0 Å². The first-order chi connectivity index (χ1) is 11.3. The molecule has 0 radical (unpaired) electrons. The average molecular weight is 360 g/mol. The van der Waals surface area contributed by atoms with Crippen LogP contribution in [0.4, 0.5) is 8.78 Å². The first kappa shape index (κ1) is 17.0. The van der Waals surface area contributed by atoms with Crippen molar-refractivity contribution in [1.82, 2.24) is 4.90 Å². The van der Waals surface area contributed by atoms with Crippen LogP contribution in [0.25, 0.3) is 0 Å². The molecule has 0 aromatic heterocycles. The maximum Gasteiger partial charge on any atom is 0.387 e. The molecule has 1 spiro atoms. The van der Waals surface area contributed by atoms with Crippen molar-refractivity contribution >= 4 is 23.5 Å². The van der Waals surface area contributed by atoms with Gasteiger partial charge in [-0.2, -0.15) is 8.78 Å². The molecule has 1 atom stereocenters. The number of likely N-dealkylation sites (tertiary alicyclic amines) is 1. The number of carbonyl (C=O) groups excluding carboxylic acids is 1. The second-order valence-corrected chi connectivity index (χ2v) is 6.70. The summed E-state index contributed by atoms with van der Waals surface area (Å²) in [6.07, 6.45) is 1.84. The molecule has 2 fully saturated rings. The van der Waals surface area contributed by atoms with Crippen molar-refractivity contribution < 1.29 is 28.2 Å². The van der Waals surface area contributed by atoms with Crippen LogP contribution in [-0.2, 0) is 4.79 Å². The van der Waals surface area contributed by atoms with Crippen molar-refractivity contribution in [3.05, 3.63) is 28.8 Å². The van der Waals surface area contributed by atoms with Gasteiger partial charge in [0.05, 0.1) is 11.5 Å². The van der Waals surface area contributed by atoms with Gasteiger partial charge in [0.2, 0.25) is 0 Å². The summed E-state index contributed by atoms with van der Waals surface area (Å²) >= 11 is 5.87. The van der Waals surface area contributed by atoms with Gasteiger partial charge in [0.1, 0.15) is 5.75 Å². The number of nitrogens with zero attached hydrogens (tertiary/aromatic N) is 1. The van der Waals surface area contributed by atoms with Gasteiger partial charge in [0, 0.05) is 18.1 Å². The Kier molecular flexibility index (Phi) is 4.38. The van der Waals surface area contributed by atoms with Crippen molar-refractivity contribution in [1.29, 1.82) is 0 Å². The van der Waals surface area contributed by atoms with Crippen molar-refractivity contribution in [2.75, 3.05) is 13.1 Å². The molecule has 24 heavy (non-hydrogen) atoms. The second kappa shape index (κ2) is 6.20. The minimum Gasteiger partial charge on any atom is -0.481 e. The van der Waals surface area contributed by atoms with Crippen LogP contribution >= 0.6 is 11.6 Å². The summed E-state index contributed by atoms with van der Waals surface area (Å²) in [4.78, 5) is 25.2. The third-order valence-electron chi connectivity index (χ3n) is 4.92. The Hall–Kier alpha value is -1.89. The molecule has 1 aromatic carbocycles. The van der Waals surface area contributed by atoms with E-state index < -0.39 is 18.5 Å². The number of rotatable bonds is 4. The van der Waals surface area contributed by atoms with Crippen molar-refractivity contribution in [3.8, 4) is 5.75 Å². The summed E-state index contributed by atoms with van der Waals surface area (Å²) in [5, 5.41) is 9.34. The maximum atomic E-state index is 12.6. The van der Waals surface area contributed by atoms with Gasteiger partial charge in [-0.3, -0.25) is 9.59 Å². The lowest BCUT2D eigenvalue weighted by Gasteiger charge is -2.33. The fraction of sp³-hybridized carbons (Fsp3) is 0.500. The largest absolute Gasteiger partial charge is 0.481 e. The van der Waals surface area contributed by atoms with E-state index in [0.29, 0.717) is 32.4 Å². The van der Waals surface area contributed by atoms with Crippen molar-refractivity contribution in [3.63, 3.8) is 0 Å². The van der Waals surface area contributed by atoms with Gasteiger partial charge < -0.3 is 14.7 Å². The zero-order valence-electron chi connectivity index (χ0n) is 12.7. The summed E-state index contributed by atoms with van der Waals surface area (Å²) in [5.74, 6) is -1.78. The lowest BCUT2D eigenvalue weighted by molar-refractivity contribution is -0.139. The Morgan fingerprint density at radius 3 is 2.54 bits per heavy atom. The van der Waals surface area contributed by atoms with Crippen LogP contribution in [0, 0.1) is 11.3 Å². The number of carboxylic acid groups (broad SMARTS) is 1. The van der Waals surface area contributed by atoms with Gasteiger partial charge in [-0.25, -0.2) is 0 Å². The molecule has 2 aliphatic rings. The monoisotopic (exact) mass is 359 g/mol.